The van der Waals surface area contributed by atoms with Crippen molar-refractivity contribution in [2.24, 2.45) is 9.98 Å². The van der Waals surface area contributed by atoms with Crippen molar-refractivity contribution in [3.05, 3.63) is 118 Å². The summed E-state index contributed by atoms with van der Waals surface area (Å²) in [6.07, 6.45) is -4.47. The van der Waals surface area contributed by atoms with E-state index < -0.39 is 11.7 Å². The van der Waals surface area contributed by atoms with Crippen molar-refractivity contribution < 1.29 is 13.2 Å². The Morgan fingerprint density at radius 1 is 0.875 bits per heavy atom. The molecule has 0 saturated carbocycles. The normalized spacial score (nSPS) is 16.0. The van der Waals surface area contributed by atoms with Crippen molar-refractivity contribution in [3.63, 3.8) is 0 Å². The molecule has 0 bridgehead atoms. The molecule has 0 aliphatic carbocycles. The number of anilines is 2. The summed E-state index contributed by atoms with van der Waals surface area (Å²) in [5.74, 6) is 1.51. The molecule has 40 heavy (non-hydrogen) atoms. The van der Waals surface area contributed by atoms with E-state index >= 15 is 0 Å². The molecule has 0 unspecified atom stereocenters. The van der Waals surface area contributed by atoms with Gasteiger partial charge in [-0.2, -0.15) is 18.3 Å². The lowest BCUT2D eigenvalue weighted by molar-refractivity contribution is -0.137. The van der Waals surface area contributed by atoms with E-state index in [0.29, 0.717) is 23.2 Å². The van der Waals surface area contributed by atoms with Crippen LogP contribution in [0.25, 0.3) is 5.69 Å². The zero-order chi connectivity index (χ0) is 27.4. The van der Waals surface area contributed by atoms with Crippen LogP contribution in [0.4, 0.5) is 36.1 Å². The first-order chi connectivity index (χ1) is 19.4. The van der Waals surface area contributed by atoms with Crippen molar-refractivity contribution in [1.29, 1.82) is 0 Å². The Kier molecular flexibility index (Phi) is 5.60. The molecule has 7 rings (SSSR count). The summed E-state index contributed by atoms with van der Waals surface area (Å²) in [6, 6.07) is 26.4. The molecular formula is C30H21F3N6S. The van der Waals surface area contributed by atoms with Gasteiger partial charge in [0.25, 0.3) is 0 Å². The zero-order valence-electron chi connectivity index (χ0n) is 21.1. The van der Waals surface area contributed by atoms with Crippen LogP contribution in [0, 0.1) is 6.92 Å². The zero-order valence-corrected chi connectivity index (χ0v) is 21.9. The highest BCUT2D eigenvalue weighted by Crippen LogP contribution is 2.49. The van der Waals surface area contributed by atoms with E-state index in [1.165, 1.54) is 6.07 Å². The maximum Gasteiger partial charge on any atom is 0.416 e. The van der Waals surface area contributed by atoms with Crippen LogP contribution in [-0.4, -0.2) is 21.5 Å². The van der Waals surface area contributed by atoms with Crippen molar-refractivity contribution >= 4 is 45.9 Å². The lowest BCUT2D eigenvalue weighted by atomic mass is 9.98. The molecule has 0 spiro atoms. The van der Waals surface area contributed by atoms with E-state index in [1.54, 1.807) is 17.4 Å². The van der Waals surface area contributed by atoms with Crippen LogP contribution in [0.15, 0.2) is 106 Å². The molecule has 4 heterocycles. The Balaban J connectivity index is 1.46. The molecule has 0 fully saturated rings. The van der Waals surface area contributed by atoms with E-state index in [2.05, 4.69) is 16.3 Å². The first kappa shape index (κ1) is 24.3. The predicted octanol–water partition coefficient (Wildman–Crippen LogP) is 8.06. The van der Waals surface area contributed by atoms with Crippen molar-refractivity contribution in [1.82, 2.24) is 9.78 Å². The minimum absolute atomic E-state index is 0.266. The largest absolute Gasteiger partial charge is 0.416 e. The second kappa shape index (κ2) is 9.20. The molecule has 1 atom stereocenters. The number of hydrogen-bond acceptors (Lipinski definition) is 6. The highest BCUT2D eigenvalue weighted by atomic mass is 32.1. The van der Waals surface area contributed by atoms with Gasteiger partial charge in [-0.15, -0.1) is 11.3 Å². The molecule has 0 saturated heterocycles. The van der Waals surface area contributed by atoms with Crippen molar-refractivity contribution in [2.45, 2.75) is 19.1 Å². The van der Waals surface area contributed by atoms with Crippen molar-refractivity contribution in [2.75, 3.05) is 10.2 Å². The van der Waals surface area contributed by atoms with Gasteiger partial charge in [-0.05, 0) is 60.8 Å². The summed E-state index contributed by atoms with van der Waals surface area (Å²) in [5, 5.41) is 10.1. The van der Waals surface area contributed by atoms with Crippen LogP contribution >= 0.6 is 11.3 Å². The van der Waals surface area contributed by atoms with Crippen LogP contribution in [0.5, 0.6) is 0 Å². The third kappa shape index (κ3) is 3.99. The second-order valence-electron chi connectivity index (χ2n) is 9.45. The highest BCUT2D eigenvalue weighted by molar-refractivity contribution is 7.10. The number of para-hydroxylation sites is 3. The molecule has 0 radical (unpaired) electrons. The van der Waals surface area contributed by atoms with Gasteiger partial charge in [0.2, 0.25) is 0 Å². The topological polar surface area (TPSA) is 57.8 Å². The lowest BCUT2D eigenvalue weighted by Crippen LogP contribution is -2.46. The van der Waals surface area contributed by atoms with E-state index in [0.717, 1.165) is 39.6 Å². The van der Waals surface area contributed by atoms with E-state index in [4.69, 9.17) is 15.1 Å². The maximum absolute atomic E-state index is 13.5. The molecule has 1 N–H and O–H groups in total. The maximum atomic E-state index is 13.5. The van der Waals surface area contributed by atoms with Gasteiger partial charge in [0.05, 0.1) is 28.3 Å². The number of aliphatic imine (C=N–C) groups is 2. The van der Waals surface area contributed by atoms with E-state index in [1.807, 2.05) is 77.6 Å². The van der Waals surface area contributed by atoms with Gasteiger partial charge in [0.1, 0.15) is 6.04 Å². The molecule has 2 aliphatic heterocycles. The summed E-state index contributed by atoms with van der Waals surface area (Å²) in [6.45, 7) is 1.98. The fraction of sp³-hybridized carbons (Fsp3) is 0.100. The number of halogens is 3. The Morgan fingerprint density at radius 2 is 1.68 bits per heavy atom. The first-order valence-corrected chi connectivity index (χ1v) is 13.4. The Labute approximate surface area is 231 Å². The number of nitrogens with zero attached hydrogens (tertiary/aromatic N) is 5. The third-order valence-electron chi connectivity index (χ3n) is 6.90. The predicted molar refractivity (Wildman–Crippen MR) is 153 cm³/mol. The first-order valence-electron chi connectivity index (χ1n) is 12.6. The van der Waals surface area contributed by atoms with Gasteiger partial charge < -0.3 is 10.2 Å². The fourth-order valence-electron chi connectivity index (χ4n) is 5.17. The minimum atomic E-state index is -4.47. The SMILES string of the molecule is Cc1nn(-c2ccccc2)c2c1[C@H](c1cccs1)N1C(=N2)C(Nc2cccc(C(F)(F)F)c2)=Nc2ccccc21. The smallest absolute Gasteiger partial charge is 0.337 e. The Hall–Kier alpha value is -4.70. The highest BCUT2D eigenvalue weighted by Gasteiger charge is 2.42. The van der Waals surface area contributed by atoms with Crippen molar-refractivity contribution in [3.8, 4) is 5.69 Å². The van der Waals surface area contributed by atoms with E-state index in [-0.39, 0.29) is 11.7 Å². The summed E-state index contributed by atoms with van der Waals surface area (Å²) >= 11 is 1.63. The number of fused-ring (bicyclic) bond motifs is 4. The average Bonchev–Trinajstić information content (AvgIpc) is 3.61. The van der Waals surface area contributed by atoms with Gasteiger partial charge >= 0.3 is 6.18 Å². The molecule has 198 valence electrons. The number of hydrogen-bond donors (Lipinski definition) is 1. The molecule has 6 nitrogen and oxygen atoms in total. The monoisotopic (exact) mass is 554 g/mol. The molecule has 3 aromatic carbocycles. The van der Waals surface area contributed by atoms with Crippen LogP contribution < -0.4 is 10.2 Å². The Morgan fingerprint density at radius 3 is 2.45 bits per heavy atom. The lowest BCUT2D eigenvalue weighted by Gasteiger charge is -2.40. The number of alkyl halides is 3. The van der Waals surface area contributed by atoms with Crippen LogP contribution in [0.1, 0.15) is 27.7 Å². The summed E-state index contributed by atoms with van der Waals surface area (Å²) in [7, 11) is 0. The van der Waals surface area contributed by atoms with Gasteiger partial charge in [-0.25, -0.2) is 14.7 Å². The van der Waals surface area contributed by atoms with Gasteiger partial charge in [0.15, 0.2) is 17.5 Å². The molecule has 2 aromatic heterocycles. The molecule has 2 aliphatic rings. The third-order valence-corrected chi connectivity index (χ3v) is 7.83. The fourth-order valence-corrected chi connectivity index (χ4v) is 6.00. The van der Waals surface area contributed by atoms with Crippen LogP contribution in [0.3, 0.4) is 0 Å². The number of amidine groups is 2. The molecule has 10 heteroatoms. The number of benzene rings is 3. The van der Waals surface area contributed by atoms with E-state index in [9.17, 15) is 13.2 Å². The Bertz CT molecular complexity index is 1790. The van der Waals surface area contributed by atoms with Gasteiger partial charge in [-0.1, -0.05) is 42.5 Å². The van der Waals surface area contributed by atoms with Crippen LogP contribution in [-0.2, 0) is 6.18 Å². The number of nitrogens with one attached hydrogen (secondary N) is 1. The summed E-state index contributed by atoms with van der Waals surface area (Å²) in [5.41, 5.74) is 3.73. The number of aryl methyl sites for hydroxylation is 1. The minimum Gasteiger partial charge on any atom is -0.337 e. The standard InChI is InChI=1S/C30H21F3N6S/c1-18-25-26(24-15-8-16-40-24)38-23-14-6-5-13-22(23)35-27(34-20-10-7-9-19(17-20)30(31,32)33)29(38)36-28(25)39(37-18)21-11-3-2-4-12-21/h2-17,26H,1H3,(H,34,35)/t26-/m0/s1. The molecule has 5 aromatic rings. The van der Waals surface area contributed by atoms with Crippen LogP contribution in [0.2, 0.25) is 0 Å². The number of rotatable bonds is 3. The quantitative estimate of drug-likeness (QED) is 0.245. The summed E-state index contributed by atoms with van der Waals surface area (Å²) < 4.78 is 42.3. The summed E-state index contributed by atoms with van der Waals surface area (Å²) in [4.78, 5) is 13.1. The van der Waals surface area contributed by atoms with Gasteiger partial charge in [-0.3, -0.25) is 0 Å². The molecule has 0 amide bonds. The van der Waals surface area contributed by atoms with Gasteiger partial charge in [0, 0.05) is 16.1 Å². The second-order valence-corrected chi connectivity index (χ2v) is 10.4. The average molecular weight is 555 g/mol. The number of aromatic nitrogens is 2. The molecular weight excluding hydrogens is 533 g/mol. The number of thiophene rings is 1.